The number of likely N-dealkylation sites (N-methyl/N-ethyl adjacent to an activating group) is 1. The number of halogens is 1. The molecule has 30 heavy (non-hydrogen) atoms. The number of ether oxygens (including phenoxy) is 1. The third kappa shape index (κ3) is 4.71. The SMILES string of the molecule is Cc1ccc(C(=O)N2CCC3(CC2)CO[C@@H](CN(C)C2CCC(O)CC2)C3)cc1F. The summed E-state index contributed by atoms with van der Waals surface area (Å²) in [6, 6.07) is 5.30. The van der Waals surface area contributed by atoms with Gasteiger partial charge in [-0.25, -0.2) is 4.39 Å². The maximum atomic E-state index is 13.8. The summed E-state index contributed by atoms with van der Waals surface area (Å²) in [4.78, 5) is 17.1. The molecular weight excluding hydrogens is 383 g/mol. The van der Waals surface area contributed by atoms with Crippen molar-refractivity contribution < 1.29 is 19.0 Å². The fourth-order valence-corrected chi connectivity index (χ4v) is 5.42. The highest BCUT2D eigenvalue weighted by Crippen LogP contribution is 2.42. The molecule has 0 aromatic heterocycles. The van der Waals surface area contributed by atoms with Crippen molar-refractivity contribution in [3.05, 3.63) is 35.1 Å². The number of benzene rings is 1. The molecule has 1 spiro atoms. The maximum Gasteiger partial charge on any atom is 0.253 e. The Bertz CT molecular complexity index is 755. The molecule has 1 aliphatic carbocycles. The number of rotatable bonds is 4. The van der Waals surface area contributed by atoms with Gasteiger partial charge in [-0.3, -0.25) is 4.79 Å². The number of hydrogen-bond donors (Lipinski definition) is 1. The van der Waals surface area contributed by atoms with Crippen LogP contribution in [0.1, 0.15) is 60.9 Å². The van der Waals surface area contributed by atoms with Crippen LogP contribution in [0.2, 0.25) is 0 Å². The number of carbonyl (C=O) groups is 1. The van der Waals surface area contributed by atoms with E-state index in [4.69, 9.17) is 4.74 Å². The summed E-state index contributed by atoms with van der Waals surface area (Å²) in [5.74, 6) is -0.392. The molecule has 2 aliphatic heterocycles. The number of aryl methyl sites for hydroxylation is 1. The van der Waals surface area contributed by atoms with E-state index in [1.54, 1.807) is 19.1 Å². The normalized spacial score (nSPS) is 29.0. The molecule has 1 aromatic rings. The molecule has 166 valence electrons. The second-order valence-electron chi connectivity index (χ2n) is 9.80. The maximum absolute atomic E-state index is 13.8. The molecule has 1 N–H and O–H groups in total. The van der Waals surface area contributed by atoms with Crippen molar-refractivity contribution in [2.75, 3.05) is 33.3 Å². The van der Waals surface area contributed by atoms with Gasteiger partial charge < -0.3 is 19.6 Å². The Labute approximate surface area is 179 Å². The van der Waals surface area contributed by atoms with E-state index in [-0.39, 0.29) is 29.3 Å². The average molecular weight is 419 g/mol. The van der Waals surface area contributed by atoms with E-state index in [1.807, 2.05) is 4.90 Å². The average Bonchev–Trinajstić information content (AvgIpc) is 3.12. The predicted molar refractivity (Wildman–Crippen MR) is 114 cm³/mol. The second-order valence-corrected chi connectivity index (χ2v) is 9.80. The smallest absolute Gasteiger partial charge is 0.253 e. The summed E-state index contributed by atoms with van der Waals surface area (Å²) in [5.41, 5.74) is 1.17. The third-order valence-electron chi connectivity index (χ3n) is 7.60. The van der Waals surface area contributed by atoms with E-state index in [2.05, 4.69) is 11.9 Å². The lowest BCUT2D eigenvalue weighted by Gasteiger charge is -2.39. The molecule has 0 radical (unpaired) electrons. The first-order valence-corrected chi connectivity index (χ1v) is 11.4. The molecule has 0 unspecified atom stereocenters. The standard InChI is InChI=1S/C24H35FN2O3/c1-17-3-4-18(13-22(17)25)23(29)27-11-9-24(10-12-27)14-21(30-16-24)15-26(2)19-5-7-20(28)8-6-19/h3-4,13,19-21,28H,5-12,14-16H2,1-2H3/t19?,20?,21-/m1/s1. The van der Waals surface area contributed by atoms with Crippen molar-refractivity contribution in [3.8, 4) is 0 Å². The lowest BCUT2D eigenvalue weighted by atomic mass is 9.76. The van der Waals surface area contributed by atoms with Crippen molar-refractivity contribution in [1.29, 1.82) is 0 Å². The Balaban J connectivity index is 1.27. The fraction of sp³-hybridized carbons (Fsp3) is 0.708. The van der Waals surface area contributed by atoms with Crippen LogP contribution in [-0.2, 0) is 4.74 Å². The molecule has 0 bridgehead atoms. The molecule has 2 heterocycles. The van der Waals surface area contributed by atoms with E-state index in [1.165, 1.54) is 6.07 Å². The minimum Gasteiger partial charge on any atom is -0.393 e. The summed E-state index contributed by atoms with van der Waals surface area (Å²) >= 11 is 0. The summed E-state index contributed by atoms with van der Waals surface area (Å²) in [6.07, 6.45) is 7.00. The number of nitrogens with zero attached hydrogens (tertiary/aromatic N) is 2. The van der Waals surface area contributed by atoms with Crippen LogP contribution in [0.25, 0.3) is 0 Å². The Morgan fingerprint density at radius 3 is 2.63 bits per heavy atom. The van der Waals surface area contributed by atoms with Crippen LogP contribution >= 0.6 is 0 Å². The highest BCUT2D eigenvalue weighted by atomic mass is 19.1. The van der Waals surface area contributed by atoms with Gasteiger partial charge in [-0.05, 0) is 82.0 Å². The molecule has 1 aromatic carbocycles. The number of piperidine rings is 1. The Kier molecular flexibility index (Phi) is 6.47. The first kappa shape index (κ1) is 21.7. The van der Waals surface area contributed by atoms with Crippen LogP contribution in [0.5, 0.6) is 0 Å². The molecule has 2 saturated heterocycles. The third-order valence-corrected chi connectivity index (χ3v) is 7.60. The van der Waals surface area contributed by atoms with Gasteiger partial charge in [0.2, 0.25) is 0 Å². The van der Waals surface area contributed by atoms with Gasteiger partial charge in [0.25, 0.3) is 5.91 Å². The predicted octanol–water partition coefficient (Wildman–Crippen LogP) is 3.38. The van der Waals surface area contributed by atoms with Crippen LogP contribution < -0.4 is 0 Å². The quantitative estimate of drug-likeness (QED) is 0.815. The summed E-state index contributed by atoms with van der Waals surface area (Å²) in [6.45, 7) is 4.84. The van der Waals surface area contributed by atoms with Crippen molar-refractivity contribution in [3.63, 3.8) is 0 Å². The van der Waals surface area contributed by atoms with Crippen LogP contribution in [0.3, 0.4) is 0 Å². The minimum atomic E-state index is -0.321. The van der Waals surface area contributed by atoms with Gasteiger partial charge in [0.15, 0.2) is 0 Å². The van der Waals surface area contributed by atoms with Crippen LogP contribution in [0.15, 0.2) is 18.2 Å². The van der Waals surface area contributed by atoms with Crippen LogP contribution in [-0.4, -0.2) is 72.4 Å². The zero-order chi connectivity index (χ0) is 21.3. The topological polar surface area (TPSA) is 53.0 Å². The molecular formula is C24H35FN2O3. The van der Waals surface area contributed by atoms with Gasteiger partial charge in [-0.15, -0.1) is 0 Å². The number of carbonyl (C=O) groups excluding carboxylic acids is 1. The minimum absolute atomic E-state index is 0.0709. The van der Waals surface area contributed by atoms with Crippen molar-refractivity contribution in [2.24, 2.45) is 5.41 Å². The number of hydrogen-bond acceptors (Lipinski definition) is 4. The van der Waals surface area contributed by atoms with Gasteiger partial charge in [0.05, 0.1) is 18.8 Å². The van der Waals surface area contributed by atoms with Crippen molar-refractivity contribution in [1.82, 2.24) is 9.80 Å². The summed E-state index contributed by atoms with van der Waals surface area (Å²) in [5, 5.41) is 9.73. The van der Waals surface area contributed by atoms with E-state index < -0.39 is 0 Å². The van der Waals surface area contributed by atoms with E-state index in [0.717, 1.165) is 58.1 Å². The van der Waals surface area contributed by atoms with E-state index >= 15 is 0 Å². The second kappa shape index (κ2) is 8.93. The zero-order valence-corrected chi connectivity index (χ0v) is 18.3. The number of aliphatic hydroxyl groups excluding tert-OH is 1. The van der Waals surface area contributed by atoms with Crippen LogP contribution in [0.4, 0.5) is 4.39 Å². The number of amides is 1. The van der Waals surface area contributed by atoms with Crippen molar-refractivity contribution in [2.45, 2.75) is 70.1 Å². The Morgan fingerprint density at radius 2 is 1.97 bits per heavy atom. The summed E-state index contributed by atoms with van der Waals surface area (Å²) < 4.78 is 20.0. The molecule has 4 rings (SSSR count). The molecule has 1 amide bonds. The van der Waals surface area contributed by atoms with Gasteiger partial charge in [0.1, 0.15) is 5.82 Å². The monoisotopic (exact) mass is 418 g/mol. The first-order valence-electron chi connectivity index (χ1n) is 11.4. The molecule has 1 saturated carbocycles. The fourth-order valence-electron chi connectivity index (χ4n) is 5.42. The molecule has 6 heteroatoms. The first-order chi connectivity index (χ1) is 14.3. The highest BCUT2D eigenvalue weighted by Gasteiger charge is 2.43. The molecule has 3 fully saturated rings. The van der Waals surface area contributed by atoms with Crippen LogP contribution in [0, 0.1) is 18.2 Å². The highest BCUT2D eigenvalue weighted by molar-refractivity contribution is 5.94. The lowest BCUT2D eigenvalue weighted by Crippen LogP contribution is -2.44. The largest absolute Gasteiger partial charge is 0.393 e. The van der Waals surface area contributed by atoms with Gasteiger partial charge in [-0.1, -0.05) is 6.07 Å². The molecule has 5 nitrogen and oxygen atoms in total. The van der Waals surface area contributed by atoms with Gasteiger partial charge in [-0.2, -0.15) is 0 Å². The lowest BCUT2D eigenvalue weighted by molar-refractivity contribution is 0.0336. The number of aliphatic hydroxyl groups is 1. The molecule has 1 atom stereocenters. The van der Waals surface area contributed by atoms with Gasteiger partial charge in [0, 0.05) is 31.2 Å². The number of likely N-dealkylation sites (tertiary alicyclic amines) is 1. The Morgan fingerprint density at radius 1 is 1.27 bits per heavy atom. The van der Waals surface area contributed by atoms with E-state index in [0.29, 0.717) is 30.3 Å². The zero-order valence-electron chi connectivity index (χ0n) is 18.3. The summed E-state index contributed by atoms with van der Waals surface area (Å²) in [7, 11) is 2.18. The van der Waals surface area contributed by atoms with E-state index in [9.17, 15) is 14.3 Å². The van der Waals surface area contributed by atoms with Gasteiger partial charge >= 0.3 is 0 Å². The molecule has 3 aliphatic rings. The van der Waals surface area contributed by atoms with Crippen molar-refractivity contribution >= 4 is 5.91 Å². The Hall–Kier alpha value is -1.50.